The summed E-state index contributed by atoms with van der Waals surface area (Å²) in [5.74, 6) is -0.810. The molecular formula is C20H16N2O6. The van der Waals surface area contributed by atoms with Crippen molar-refractivity contribution in [3.8, 4) is 11.5 Å². The molecule has 8 nitrogen and oxygen atoms in total. The molecule has 0 amide bonds. The Kier molecular flexibility index (Phi) is 5.61. The zero-order chi connectivity index (χ0) is 19.9. The number of rotatable bonds is 6. The van der Waals surface area contributed by atoms with Gasteiger partial charge in [0.25, 0.3) is 0 Å². The fourth-order valence-corrected chi connectivity index (χ4v) is 2.06. The molecule has 0 fully saturated rings. The lowest BCUT2D eigenvalue weighted by atomic mass is 10.1. The Hall–Kier alpha value is -4.20. The summed E-state index contributed by atoms with van der Waals surface area (Å²) >= 11 is 0. The first-order valence-electron chi connectivity index (χ1n) is 8.10. The summed E-state index contributed by atoms with van der Waals surface area (Å²) in [5.41, 5.74) is 12.6. The maximum atomic E-state index is 12.0. The van der Waals surface area contributed by atoms with Crippen molar-refractivity contribution in [3.63, 3.8) is 0 Å². The van der Waals surface area contributed by atoms with Gasteiger partial charge in [-0.15, -0.1) is 0 Å². The number of nitrogen functional groups attached to an aromatic ring is 2. The zero-order valence-electron chi connectivity index (χ0n) is 14.5. The molecule has 0 bridgehead atoms. The van der Waals surface area contributed by atoms with Gasteiger partial charge in [0.1, 0.15) is 0 Å². The van der Waals surface area contributed by atoms with E-state index < -0.39 is 11.9 Å². The van der Waals surface area contributed by atoms with E-state index >= 15 is 0 Å². The molecule has 3 rings (SSSR count). The summed E-state index contributed by atoms with van der Waals surface area (Å²) in [5, 5.41) is 0. The molecule has 8 heteroatoms. The van der Waals surface area contributed by atoms with E-state index in [2.05, 4.69) is 0 Å². The molecular weight excluding hydrogens is 364 g/mol. The van der Waals surface area contributed by atoms with Gasteiger partial charge in [-0.3, -0.25) is 9.78 Å². The second-order valence-corrected chi connectivity index (χ2v) is 5.62. The second-order valence-electron chi connectivity index (χ2n) is 5.62. The van der Waals surface area contributed by atoms with Crippen LogP contribution in [0.5, 0.6) is 11.5 Å². The summed E-state index contributed by atoms with van der Waals surface area (Å²) in [4.78, 5) is 43.3. The van der Waals surface area contributed by atoms with Crippen LogP contribution in [-0.2, 0) is 9.78 Å². The average Bonchev–Trinajstić information content (AvgIpc) is 2.72. The van der Waals surface area contributed by atoms with Gasteiger partial charge in [-0.25, -0.2) is 19.4 Å². The Morgan fingerprint density at radius 3 is 1.18 bits per heavy atom. The highest BCUT2D eigenvalue weighted by Gasteiger charge is 2.13. The smallest absolute Gasteiger partial charge is 0.386 e. The van der Waals surface area contributed by atoms with Crippen LogP contribution in [0.3, 0.4) is 0 Å². The Morgan fingerprint density at radius 1 is 0.536 bits per heavy atom. The van der Waals surface area contributed by atoms with Crippen LogP contribution in [0.15, 0.2) is 72.8 Å². The van der Waals surface area contributed by atoms with Crippen molar-refractivity contribution in [2.24, 2.45) is 0 Å². The molecule has 0 spiro atoms. The number of nitrogens with two attached hydrogens (primary N) is 2. The summed E-state index contributed by atoms with van der Waals surface area (Å²) in [6.07, 6.45) is 0. The van der Waals surface area contributed by atoms with Gasteiger partial charge < -0.3 is 11.5 Å². The molecule has 0 aliphatic heterocycles. The van der Waals surface area contributed by atoms with Crippen LogP contribution in [0.25, 0.3) is 0 Å². The van der Waals surface area contributed by atoms with Gasteiger partial charge in [-0.1, -0.05) is 0 Å². The summed E-state index contributed by atoms with van der Waals surface area (Å²) in [7, 11) is 0. The fraction of sp³-hybridized carbons (Fsp3) is 0. The molecule has 0 saturated carbocycles. The van der Waals surface area contributed by atoms with Gasteiger partial charge in [0, 0.05) is 11.4 Å². The molecule has 0 radical (unpaired) electrons. The van der Waals surface area contributed by atoms with Gasteiger partial charge in [0.05, 0.1) is 11.1 Å². The molecule has 0 unspecified atom stereocenters. The van der Waals surface area contributed by atoms with E-state index in [0.29, 0.717) is 22.9 Å². The molecule has 3 aromatic rings. The predicted octanol–water partition coefficient (Wildman–Crippen LogP) is 3.15. The lowest BCUT2D eigenvalue weighted by Gasteiger charge is -2.06. The van der Waals surface area contributed by atoms with Crippen LogP contribution in [-0.4, -0.2) is 11.9 Å². The number of hydrogen-bond acceptors (Lipinski definition) is 8. The topological polar surface area (TPSA) is 123 Å². The normalized spacial score (nSPS) is 10.0. The van der Waals surface area contributed by atoms with Crippen LogP contribution in [0, 0.1) is 0 Å². The van der Waals surface area contributed by atoms with E-state index in [1.807, 2.05) is 0 Å². The predicted molar refractivity (Wildman–Crippen MR) is 100 cm³/mol. The van der Waals surface area contributed by atoms with Crippen molar-refractivity contribution >= 4 is 23.3 Å². The van der Waals surface area contributed by atoms with Crippen molar-refractivity contribution in [2.45, 2.75) is 0 Å². The van der Waals surface area contributed by atoms with Gasteiger partial charge in [-0.05, 0) is 72.8 Å². The molecule has 4 N–H and O–H groups in total. The van der Waals surface area contributed by atoms with E-state index in [-0.39, 0.29) is 11.1 Å². The van der Waals surface area contributed by atoms with Crippen LogP contribution >= 0.6 is 0 Å². The van der Waals surface area contributed by atoms with Crippen LogP contribution in [0.2, 0.25) is 0 Å². The quantitative estimate of drug-likeness (QED) is 0.380. The molecule has 0 heterocycles. The minimum absolute atomic E-state index is 0.187. The first kappa shape index (κ1) is 18.6. The Balaban J connectivity index is 1.53. The molecule has 0 aliphatic carbocycles. The van der Waals surface area contributed by atoms with Crippen molar-refractivity contribution < 1.29 is 29.1 Å². The molecule has 0 saturated heterocycles. The van der Waals surface area contributed by atoms with Crippen molar-refractivity contribution in [2.75, 3.05) is 11.5 Å². The summed E-state index contributed by atoms with van der Waals surface area (Å²) in [6.45, 7) is 0. The van der Waals surface area contributed by atoms with E-state index in [4.69, 9.17) is 31.0 Å². The largest absolute Gasteiger partial charge is 0.399 e. The number of carbonyl (C=O) groups is 2. The van der Waals surface area contributed by atoms with Gasteiger partial charge >= 0.3 is 11.9 Å². The maximum Gasteiger partial charge on any atom is 0.386 e. The minimum atomic E-state index is -0.727. The standard InChI is InChI=1S/C20H16N2O6/c21-15-5-9-17(10-6-15)25-27-19(23)13-1-2-14(4-3-13)20(24)28-26-18-11-7-16(22)8-12-18/h1-12H,21-22H2. The molecule has 3 aromatic carbocycles. The van der Waals surface area contributed by atoms with E-state index in [1.165, 1.54) is 24.3 Å². The fourth-order valence-electron chi connectivity index (χ4n) is 2.06. The monoisotopic (exact) mass is 380 g/mol. The van der Waals surface area contributed by atoms with Gasteiger partial charge in [-0.2, -0.15) is 0 Å². The minimum Gasteiger partial charge on any atom is -0.399 e. The van der Waals surface area contributed by atoms with Crippen LogP contribution in [0.1, 0.15) is 20.7 Å². The maximum absolute atomic E-state index is 12.0. The zero-order valence-corrected chi connectivity index (χ0v) is 14.5. The van der Waals surface area contributed by atoms with E-state index in [1.54, 1.807) is 48.5 Å². The highest BCUT2D eigenvalue weighted by Crippen LogP contribution is 2.16. The van der Waals surface area contributed by atoms with E-state index in [9.17, 15) is 9.59 Å². The van der Waals surface area contributed by atoms with Crippen LogP contribution in [0.4, 0.5) is 11.4 Å². The number of anilines is 2. The SMILES string of the molecule is Nc1ccc(OOC(=O)c2ccc(C(=O)OOc3ccc(N)cc3)cc2)cc1. The third-order valence-corrected chi connectivity index (χ3v) is 3.54. The number of benzene rings is 3. The Bertz CT molecular complexity index is 873. The highest BCUT2D eigenvalue weighted by molar-refractivity contribution is 5.93. The molecule has 0 aromatic heterocycles. The second kappa shape index (κ2) is 8.45. The van der Waals surface area contributed by atoms with Crippen molar-refractivity contribution in [3.05, 3.63) is 83.9 Å². The Morgan fingerprint density at radius 2 is 0.857 bits per heavy atom. The molecule has 28 heavy (non-hydrogen) atoms. The third kappa shape index (κ3) is 4.92. The van der Waals surface area contributed by atoms with Crippen molar-refractivity contribution in [1.29, 1.82) is 0 Å². The highest BCUT2D eigenvalue weighted by atomic mass is 17.2. The number of carbonyl (C=O) groups excluding carboxylic acids is 2. The van der Waals surface area contributed by atoms with Crippen LogP contribution < -0.4 is 21.2 Å². The van der Waals surface area contributed by atoms with Crippen molar-refractivity contribution in [1.82, 2.24) is 0 Å². The summed E-state index contributed by atoms with van der Waals surface area (Å²) < 4.78 is 0. The molecule has 142 valence electrons. The number of hydrogen-bond donors (Lipinski definition) is 2. The van der Waals surface area contributed by atoms with E-state index in [0.717, 1.165) is 0 Å². The van der Waals surface area contributed by atoms with Gasteiger partial charge in [0.2, 0.25) is 0 Å². The van der Waals surface area contributed by atoms with Gasteiger partial charge in [0.15, 0.2) is 11.5 Å². The first-order valence-corrected chi connectivity index (χ1v) is 8.10. The summed E-state index contributed by atoms with van der Waals surface area (Å²) in [6, 6.07) is 18.3. The lowest BCUT2D eigenvalue weighted by Crippen LogP contribution is -2.11. The molecule has 0 atom stereocenters. The average molecular weight is 380 g/mol. The third-order valence-electron chi connectivity index (χ3n) is 3.54. The molecule has 0 aliphatic rings. The Labute approximate surface area is 160 Å². The lowest BCUT2D eigenvalue weighted by molar-refractivity contribution is -0.150. The first-order chi connectivity index (χ1) is 13.5.